The van der Waals surface area contributed by atoms with E-state index in [1.54, 1.807) is 18.2 Å². The van der Waals surface area contributed by atoms with Crippen LogP contribution in [0.15, 0.2) is 29.4 Å². The second-order valence-corrected chi connectivity index (χ2v) is 5.86. The Labute approximate surface area is 140 Å². The second kappa shape index (κ2) is 9.20. The number of rotatable bonds is 7. The van der Waals surface area contributed by atoms with Crippen LogP contribution in [0.5, 0.6) is 5.75 Å². The minimum Gasteiger partial charge on any atom is -0.434 e. The van der Waals surface area contributed by atoms with Gasteiger partial charge in [-0.3, -0.25) is 4.79 Å². The van der Waals surface area contributed by atoms with Crippen molar-refractivity contribution >= 4 is 12.1 Å². The lowest BCUT2D eigenvalue weighted by Gasteiger charge is -2.29. The van der Waals surface area contributed by atoms with E-state index in [0.29, 0.717) is 11.5 Å². The van der Waals surface area contributed by atoms with Crippen molar-refractivity contribution in [3.8, 4) is 5.75 Å². The molecule has 24 heavy (non-hydrogen) atoms. The molecule has 1 N–H and O–H groups in total. The Hall–Kier alpha value is -2.18. The number of oxime groups is 1. The van der Waals surface area contributed by atoms with Crippen LogP contribution in [-0.2, 0) is 9.63 Å². The van der Waals surface area contributed by atoms with Gasteiger partial charge in [0, 0.05) is 11.6 Å². The van der Waals surface area contributed by atoms with Gasteiger partial charge in [0.05, 0.1) is 6.21 Å². The summed E-state index contributed by atoms with van der Waals surface area (Å²) in [6, 6.07) is 6.39. The topological polar surface area (TPSA) is 59.9 Å². The average Bonchev–Trinajstić information content (AvgIpc) is 2.55. The number of carbonyl (C=O) groups is 1. The third-order valence-electron chi connectivity index (χ3n) is 4.05. The maximum absolute atomic E-state index is 12.3. The number of nitrogens with zero attached hydrogens (tertiary/aromatic N) is 1. The molecule has 5 nitrogen and oxygen atoms in total. The molecule has 1 saturated carbocycles. The summed E-state index contributed by atoms with van der Waals surface area (Å²) in [6.07, 6.45) is 5.66. The molecule has 1 aromatic rings. The van der Waals surface area contributed by atoms with Crippen molar-refractivity contribution in [2.24, 2.45) is 11.1 Å². The molecule has 2 rings (SSSR count). The van der Waals surface area contributed by atoms with E-state index in [4.69, 9.17) is 4.84 Å². The summed E-state index contributed by atoms with van der Waals surface area (Å²) in [5, 5.41) is 6.59. The van der Waals surface area contributed by atoms with E-state index in [0.717, 1.165) is 19.3 Å². The molecule has 1 aliphatic carbocycles. The number of halogens is 2. The lowest BCUT2D eigenvalue weighted by Crippen LogP contribution is -2.42. The Balaban J connectivity index is 1.79. The minimum absolute atomic E-state index is 0.000307. The van der Waals surface area contributed by atoms with Gasteiger partial charge in [0.15, 0.2) is 6.61 Å². The number of hydrogen-bond acceptors (Lipinski definition) is 4. The summed E-state index contributed by atoms with van der Waals surface area (Å²) in [6.45, 7) is -0.996. The summed E-state index contributed by atoms with van der Waals surface area (Å²) in [5.41, 5.74) is 0.346. The molecule has 1 fully saturated rings. The van der Waals surface area contributed by atoms with E-state index in [-0.39, 0.29) is 24.3 Å². The fourth-order valence-electron chi connectivity index (χ4n) is 2.76. The quantitative estimate of drug-likeness (QED) is 0.612. The average molecular weight is 340 g/mol. The van der Waals surface area contributed by atoms with Crippen molar-refractivity contribution in [3.05, 3.63) is 29.8 Å². The van der Waals surface area contributed by atoms with Crippen molar-refractivity contribution in [3.63, 3.8) is 0 Å². The molecule has 0 radical (unpaired) electrons. The smallest absolute Gasteiger partial charge is 0.387 e. The third kappa shape index (κ3) is 5.79. The van der Waals surface area contributed by atoms with Gasteiger partial charge < -0.3 is 14.9 Å². The highest BCUT2D eigenvalue weighted by Crippen LogP contribution is 2.23. The number of nitrogens with one attached hydrogen (secondary N) is 1. The van der Waals surface area contributed by atoms with Crippen LogP contribution < -0.4 is 10.1 Å². The first-order chi connectivity index (χ1) is 11.6. The van der Waals surface area contributed by atoms with Crippen molar-refractivity contribution in [2.75, 3.05) is 6.61 Å². The van der Waals surface area contributed by atoms with Gasteiger partial charge in [0.2, 0.25) is 0 Å². The number of ether oxygens (including phenoxy) is 1. The first kappa shape index (κ1) is 18.2. The van der Waals surface area contributed by atoms with Crippen LogP contribution in [0, 0.1) is 5.92 Å². The van der Waals surface area contributed by atoms with Crippen LogP contribution in [0.2, 0.25) is 0 Å². The molecule has 132 valence electrons. The Kier molecular flexibility index (Phi) is 6.96. The van der Waals surface area contributed by atoms with E-state index in [2.05, 4.69) is 22.1 Å². The normalized spacial score (nSPS) is 21.0. The Morgan fingerprint density at radius 2 is 2.12 bits per heavy atom. The van der Waals surface area contributed by atoms with Gasteiger partial charge in [0.1, 0.15) is 5.75 Å². The van der Waals surface area contributed by atoms with E-state index >= 15 is 0 Å². The molecule has 0 heterocycles. The maximum Gasteiger partial charge on any atom is 0.387 e. The number of benzene rings is 1. The number of para-hydroxylation sites is 1. The zero-order valence-electron chi connectivity index (χ0n) is 13.6. The van der Waals surface area contributed by atoms with Crippen LogP contribution in [0.25, 0.3) is 0 Å². The predicted octanol–water partition coefficient (Wildman–Crippen LogP) is 3.33. The molecular weight excluding hydrogens is 318 g/mol. The van der Waals surface area contributed by atoms with Gasteiger partial charge >= 0.3 is 6.61 Å². The number of amides is 1. The second-order valence-electron chi connectivity index (χ2n) is 5.86. The van der Waals surface area contributed by atoms with Crippen molar-refractivity contribution in [1.29, 1.82) is 0 Å². The maximum atomic E-state index is 12.3. The first-order valence-electron chi connectivity index (χ1n) is 8.05. The molecule has 0 aromatic heterocycles. The van der Waals surface area contributed by atoms with Gasteiger partial charge in [-0.15, -0.1) is 0 Å². The first-order valence-corrected chi connectivity index (χ1v) is 8.05. The van der Waals surface area contributed by atoms with E-state index in [1.165, 1.54) is 18.7 Å². The Bertz CT molecular complexity index is 567. The lowest BCUT2D eigenvalue weighted by molar-refractivity contribution is -0.126. The van der Waals surface area contributed by atoms with E-state index in [1.807, 2.05) is 0 Å². The standard InChI is InChI=1S/C17H22F2N2O3/c1-12-6-2-4-8-14(12)21-16(22)11-23-20-10-13-7-3-5-9-15(13)24-17(18)19/h3,5,7,9-10,12,14,17H,2,4,6,8,11H2,1H3,(H,21,22)/b20-10-/t12-,14-/m0/s1. The minimum atomic E-state index is -2.91. The van der Waals surface area contributed by atoms with Gasteiger partial charge in [0.25, 0.3) is 5.91 Å². The van der Waals surface area contributed by atoms with Crippen molar-refractivity contribution in [2.45, 2.75) is 45.3 Å². The molecule has 0 bridgehead atoms. The summed E-state index contributed by atoms with van der Waals surface area (Å²) in [4.78, 5) is 16.8. The van der Waals surface area contributed by atoms with Crippen molar-refractivity contribution < 1.29 is 23.1 Å². The molecule has 1 amide bonds. The number of hydrogen-bond donors (Lipinski definition) is 1. The monoisotopic (exact) mass is 340 g/mol. The van der Waals surface area contributed by atoms with Gasteiger partial charge in [-0.1, -0.05) is 37.1 Å². The van der Waals surface area contributed by atoms with E-state index < -0.39 is 6.61 Å². The van der Waals surface area contributed by atoms with Gasteiger partial charge in [-0.2, -0.15) is 8.78 Å². The number of alkyl halides is 2. The molecule has 2 atom stereocenters. The molecular formula is C17H22F2N2O3. The Morgan fingerprint density at radius 3 is 2.88 bits per heavy atom. The molecule has 0 unspecified atom stereocenters. The van der Waals surface area contributed by atoms with E-state index in [9.17, 15) is 13.6 Å². The zero-order chi connectivity index (χ0) is 17.4. The van der Waals surface area contributed by atoms with Crippen molar-refractivity contribution in [1.82, 2.24) is 5.32 Å². The van der Waals surface area contributed by atoms with Gasteiger partial charge in [-0.05, 0) is 30.9 Å². The molecule has 1 aromatic carbocycles. The Morgan fingerprint density at radius 1 is 1.38 bits per heavy atom. The van der Waals surface area contributed by atoms with Crippen LogP contribution in [0.3, 0.4) is 0 Å². The van der Waals surface area contributed by atoms with Crippen LogP contribution in [0.4, 0.5) is 8.78 Å². The highest BCUT2D eigenvalue weighted by molar-refractivity contribution is 5.83. The summed E-state index contributed by atoms with van der Waals surface area (Å²) >= 11 is 0. The third-order valence-corrected chi connectivity index (χ3v) is 4.05. The molecule has 0 aliphatic heterocycles. The summed E-state index contributed by atoms with van der Waals surface area (Å²) in [5.74, 6) is 0.230. The summed E-state index contributed by atoms with van der Waals surface area (Å²) in [7, 11) is 0. The van der Waals surface area contributed by atoms with Crippen LogP contribution in [0.1, 0.15) is 38.2 Å². The predicted molar refractivity (Wildman–Crippen MR) is 86.2 cm³/mol. The molecule has 0 spiro atoms. The molecule has 7 heteroatoms. The highest BCUT2D eigenvalue weighted by atomic mass is 19.3. The molecule has 1 aliphatic rings. The largest absolute Gasteiger partial charge is 0.434 e. The lowest BCUT2D eigenvalue weighted by atomic mass is 9.86. The van der Waals surface area contributed by atoms with Crippen LogP contribution >= 0.6 is 0 Å². The SMILES string of the molecule is C[C@H]1CCCC[C@@H]1NC(=O)CO/N=C\c1ccccc1OC(F)F. The summed E-state index contributed by atoms with van der Waals surface area (Å²) < 4.78 is 29.0. The zero-order valence-corrected chi connectivity index (χ0v) is 13.6. The fourth-order valence-corrected chi connectivity index (χ4v) is 2.76. The van der Waals surface area contributed by atoms with Gasteiger partial charge in [-0.25, -0.2) is 0 Å². The highest BCUT2D eigenvalue weighted by Gasteiger charge is 2.22. The molecule has 0 saturated heterocycles. The number of carbonyl (C=O) groups excluding carboxylic acids is 1. The fraction of sp³-hybridized carbons (Fsp3) is 0.529. The van der Waals surface area contributed by atoms with Crippen LogP contribution in [-0.4, -0.2) is 31.4 Å².